The highest BCUT2D eigenvalue weighted by Crippen LogP contribution is 2.26. The van der Waals surface area contributed by atoms with Crippen LogP contribution in [0.4, 0.5) is 4.39 Å². The molecule has 0 spiro atoms. The van der Waals surface area contributed by atoms with Crippen LogP contribution in [-0.2, 0) is 5.75 Å². The molecule has 2 aromatic carbocycles. The summed E-state index contributed by atoms with van der Waals surface area (Å²) in [4.78, 5) is 1.14. The van der Waals surface area contributed by atoms with Gasteiger partial charge >= 0.3 is 0 Å². The summed E-state index contributed by atoms with van der Waals surface area (Å²) in [6.45, 7) is 1.96. The molecular formula is C16H18FNOS. The first-order valence-electron chi connectivity index (χ1n) is 6.41. The SMILES string of the molecule is COc1ccc(CSc2ccc(C(C)N)cc2)cc1F. The lowest BCUT2D eigenvalue weighted by atomic mass is 10.1. The second kappa shape index (κ2) is 6.77. The van der Waals surface area contributed by atoms with Crippen LogP contribution in [0.5, 0.6) is 5.75 Å². The van der Waals surface area contributed by atoms with Crippen molar-refractivity contribution in [1.82, 2.24) is 0 Å². The van der Waals surface area contributed by atoms with Gasteiger partial charge in [-0.1, -0.05) is 18.2 Å². The third kappa shape index (κ3) is 3.74. The maximum absolute atomic E-state index is 13.6. The highest BCUT2D eigenvalue weighted by Gasteiger charge is 2.04. The van der Waals surface area contributed by atoms with Gasteiger partial charge in [0.15, 0.2) is 11.6 Å². The molecule has 0 aliphatic heterocycles. The molecule has 0 aliphatic carbocycles. The quantitative estimate of drug-likeness (QED) is 0.841. The number of rotatable bonds is 5. The van der Waals surface area contributed by atoms with Gasteiger partial charge in [0, 0.05) is 16.7 Å². The van der Waals surface area contributed by atoms with Gasteiger partial charge in [0.05, 0.1) is 7.11 Å². The molecule has 0 fully saturated rings. The normalized spacial score (nSPS) is 12.2. The number of hydrogen-bond acceptors (Lipinski definition) is 3. The first kappa shape index (κ1) is 14.9. The average molecular weight is 291 g/mol. The van der Waals surface area contributed by atoms with E-state index in [2.05, 4.69) is 0 Å². The molecule has 0 amide bonds. The predicted molar refractivity (Wildman–Crippen MR) is 81.6 cm³/mol. The van der Waals surface area contributed by atoms with Gasteiger partial charge in [-0.2, -0.15) is 0 Å². The lowest BCUT2D eigenvalue weighted by molar-refractivity contribution is 0.386. The van der Waals surface area contributed by atoms with Crippen LogP contribution in [0.2, 0.25) is 0 Å². The van der Waals surface area contributed by atoms with E-state index in [0.29, 0.717) is 0 Å². The summed E-state index contributed by atoms with van der Waals surface area (Å²) >= 11 is 1.67. The van der Waals surface area contributed by atoms with Gasteiger partial charge in [0.2, 0.25) is 0 Å². The number of halogens is 1. The fourth-order valence-corrected chi connectivity index (χ4v) is 2.68. The number of methoxy groups -OCH3 is 1. The average Bonchev–Trinajstić information content (AvgIpc) is 2.45. The maximum Gasteiger partial charge on any atom is 0.165 e. The summed E-state index contributed by atoms with van der Waals surface area (Å²) in [5, 5.41) is 0. The van der Waals surface area contributed by atoms with Gasteiger partial charge in [-0.15, -0.1) is 11.8 Å². The first-order valence-corrected chi connectivity index (χ1v) is 7.39. The number of thioether (sulfide) groups is 1. The summed E-state index contributed by atoms with van der Waals surface area (Å²) in [6, 6.07) is 13.2. The maximum atomic E-state index is 13.6. The van der Waals surface area contributed by atoms with E-state index in [1.807, 2.05) is 37.3 Å². The van der Waals surface area contributed by atoms with Gasteiger partial charge in [0.25, 0.3) is 0 Å². The van der Waals surface area contributed by atoms with Crippen molar-refractivity contribution in [2.24, 2.45) is 5.73 Å². The topological polar surface area (TPSA) is 35.2 Å². The van der Waals surface area contributed by atoms with E-state index in [4.69, 9.17) is 10.5 Å². The van der Waals surface area contributed by atoms with Crippen LogP contribution in [0.15, 0.2) is 47.4 Å². The lowest BCUT2D eigenvalue weighted by Crippen LogP contribution is -2.04. The summed E-state index contributed by atoms with van der Waals surface area (Å²) in [6.07, 6.45) is 0. The van der Waals surface area contributed by atoms with Crippen LogP contribution < -0.4 is 10.5 Å². The number of benzene rings is 2. The van der Waals surface area contributed by atoms with Crippen molar-refractivity contribution in [3.8, 4) is 5.75 Å². The van der Waals surface area contributed by atoms with Crippen molar-refractivity contribution < 1.29 is 9.13 Å². The second-order valence-corrected chi connectivity index (χ2v) is 5.66. The molecular weight excluding hydrogens is 273 g/mol. The molecule has 4 heteroatoms. The summed E-state index contributed by atoms with van der Waals surface area (Å²) in [5.74, 6) is 0.677. The molecule has 2 rings (SSSR count). The minimum absolute atomic E-state index is 0.0461. The number of ether oxygens (including phenoxy) is 1. The Bertz CT molecular complexity index is 569. The van der Waals surface area contributed by atoms with Crippen molar-refractivity contribution in [3.05, 3.63) is 59.4 Å². The van der Waals surface area contributed by atoms with Crippen LogP contribution in [-0.4, -0.2) is 7.11 Å². The van der Waals surface area contributed by atoms with Gasteiger partial charge in [-0.05, 0) is 42.3 Å². The standard InChI is InChI=1S/C16H18FNOS/c1-11(18)13-4-6-14(7-5-13)20-10-12-3-8-16(19-2)15(17)9-12/h3-9,11H,10,18H2,1-2H3. The van der Waals surface area contributed by atoms with E-state index in [1.54, 1.807) is 17.8 Å². The zero-order chi connectivity index (χ0) is 14.5. The molecule has 0 radical (unpaired) electrons. The van der Waals surface area contributed by atoms with Gasteiger partial charge in [0.1, 0.15) is 0 Å². The Morgan fingerprint density at radius 3 is 2.45 bits per heavy atom. The molecule has 0 aliphatic rings. The molecule has 2 N–H and O–H groups in total. The smallest absolute Gasteiger partial charge is 0.165 e. The minimum atomic E-state index is -0.321. The molecule has 106 valence electrons. The fourth-order valence-electron chi connectivity index (χ4n) is 1.83. The van der Waals surface area contributed by atoms with Crippen molar-refractivity contribution in [2.45, 2.75) is 23.6 Å². The molecule has 0 bridgehead atoms. The first-order chi connectivity index (χ1) is 9.60. The van der Waals surface area contributed by atoms with Gasteiger partial charge in [-0.25, -0.2) is 4.39 Å². The molecule has 2 nitrogen and oxygen atoms in total. The molecule has 20 heavy (non-hydrogen) atoms. The summed E-state index contributed by atoms with van der Waals surface area (Å²) < 4.78 is 18.5. The summed E-state index contributed by atoms with van der Waals surface area (Å²) in [7, 11) is 1.47. The minimum Gasteiger partial charge on any atom is -0.494 e. The largest absolute Gasteiger partial charge is 0.494 e. The summed E-state index contributed by atoms with van der Waals surface area (Å²) in [5.41, 5.74) is 7.86. The molecule has 0 heterocycles. The molecule has 1 atom stereocenters. The second-order valence-electron chi connectivity index (χ2n) is 4.62. The van der Waals surface area contributed by atoms with Crippen molar-refractivity contribution in [2.75, 3.05) is 7.11 Å². The van der Waals surface area contributed by atoms with Crippen molar-refractivity contribution in [1.29, 1.82) is 0 Å². The monoisotopic (exact) mass is 291 g/mol. The predicted octanol–water partition coefficient (Wildman–Crippen LogP) is 4.15. The zero-order valence-corrected chi connectivity index (χ0v) is 12.4. The Labute approximate surface area is 123 Å². The van der Waals surface area contributed by atoms with Crippen LogP contribution in [0.3, 0.4) is 0 Å². The van der Waals surface area contributed by atoms with E-state index < -0.39 is 0 Å². The molecule has 0 saturated heterocycles. The Morgan fingerprint density at radius 2 is 1.90 bits per heavy atom. The number of hydrogen-bond donors (Lipinski definition) is 1. The lowest BCUT2D eigenvalue weighted by Gasteiger charge is -2.08. The van der Waals surface area contributed by atoms with Gasteiger partial charge in [-0.3, -0.25) is 0 Å². The molecule has 0 aromatic heterocycles. The van der Waals surface area contributed by atoms with E-state index in [0.717, 1.165) is 21.8 Å². The van der Waals surface area contributed by atoms with Crippen molar-refractivity contribution >= 4 is 11.8 Å². The highest BCUT2D eigenvalue weighted by atomic mass is 32.2. The Hall–Kier alpha value is -1.52. The Kier molecular flexibility index (Phi) is 5.04. The third-order valence-electron chi connectivity index (χ3n) is 3.03. The van der Waals surface area contributed by atoms with E-state index in [-0.39, 0.29) is 17.6 Å². The van der Waals surface area contributed by atoms with E-state index >= 15 is 0 Å². The van der Waals surface area contributed by atoms with E-state index in [1.165, 1.54) is 13.2 Å². The van der Waals surface area contributed by atoms with Crippen LogP contribution in [0.25, 0.3) is 0 Å². The Balaban J connectivity index is 1.99. The van der Waals surface area contributed by atoms with Crippen LogP contribution in [0.1, 0.15) is 24.1 Å². The van der Waals surface area contributed by atoms with Crippen molar-refractivity contribution in [3.63, 3.8) is 0 Å². The molecule has 1 unspecified atom stereocenters. The van der Waals surface area contributed by atoms with Crippen LogP contribution in [0, 0.1) is 5.82 Å². The Morgan fingerprint density at radius 1 is 1.20 bits per heavy atom. The molecule has 0 saturated carbocycles. The van der Waals surface area contributed by atoms with E-state index in [9.17, 15) is 4.39 Å². The fraction of sp³-hybridized carbons (Fsp3) is 0.250. The number of nitrogens with two attached hydrogens (primary N) is 1. The highest BCUT2D eigenvalue weighted by molar-refractivity contribution is 7.98. The molecule has 2 aromatic rings. The van der Waals surface area contributed by atoms with Gasteiger partial charge < -0.3 is 10.5 Å². The van der Waals surface area contributed by atoms with Crippen LogP contribution >= 0.6 is 11.8 Å². The third-order valence-corrected chi connectivity index (χ3v) is 4.11. The zero-order valence-electron chi connectivity index (χ0n) is 11.6.